The van der Waals surface area contributed by atoms with Crippen molar-refractivity contribution in [2.24, 2.45) is 0 Å². The number of amides is 3. The molecule has 0 unspecified atom stereocenters. The summed E-state index contributed by atoms with van der Waals surface area (Å²) in [5.41, 5.74) is 2.56. The first-order valence-electron chi connectivity index (χ1n) is 12.4. The summed E-state index contributed by atoms with van der Waals surface area (Å²) >= 11 is 0. The summed E-state index contributed by atoms with van der Waals surface area (Å²) in [5, 5.41) is 4.20. The predicted molar refractivity (Wildman–Crippen MR) is 148 cm³/mol. The fourth-order valence-corrected chi connectivity index (χ4v) is 4.67. The fraction of sp³-hybridized carbons (Fsp3) is 0.321. The average Bonchev–Trinajstić information content (AvgIpc) is 2.92. The Kier molecular flexibility index (Phi) is 8.93. The number of benzene rings is 2. The Morgan fingerprint density at radius 3 is 2.71 bits per heavy atom. The SMILES string of the molecule is CN(Cc1ccc(F)c2ccccc12)C(=O)/C=C/c1cnc2c(c1)CN(CCN1CCOCC1)C(=O)N2.Cl. The van der Waals surface area contributed by atoms with Gasteiger partial charge in [-0.15, -0.1) is 12.4 Å². The van der Waals surface area contributed by atoms with Gasteiger partial charge in [-0.25, -0.2) is 14.2 Å². The molecule has 5 rings (SSSR count). The molecule has 10 heteroatoms. The van der Waals surface area contributed by atoms with Gasteiger partial charge >= 0.3 is 6.03 Å². The number of hydrogen-bond donors (Lipinski definition) is 1. The Labute approximate surface area is 227 Å². The van der Waals surface area contributed by atoms with Crippen LogP contribution in [0.4, 0.5) is 15.0 Å². The second-order valence-corrected chi connectivity index (χ2v) is 9.36. The summed E-state index contributed by atoms with van der Waals surface area (Å²) in [6.07, 6.45) is 4.87. The monoisotopic (exact) mass is 539 g/mol. The van der Waals surface area contributed by atoms with Gasteiger partial charge in [0.15, 0.2) is 0 Å². The van der Waals surface area contributed by atoms with Gasteiger partial charge in [0.2, 0.25) is 5.91 Å². The number of aromatic nitrogens is 1. The first-order chi connectivity index (χ1) is 18.0. The quantitative estimate of drug-likeness (QED) is 0.456. The van der Waals surface area contributed by atoms with Crippen LogP contribution in [0.3, 0.4) is 0 Å². The molecule has 2 aromatic carbocycles. The van der Waals surface area contributed by atoms with Crippen LogP contribution in [-0.4, -0.2) is 78.1 Å². The molecule has 0 atom stereocenters. The van der Waals surface area contributed by atoms with Crippen molar-refractivity contribution in [1.82, 2.24) is 19.7 Å². The number of carbonyl (C=O) groups excluding carboxylic acids is 2. The number of morpholine rings is 1. The first kappa shape index (κ1) is 27.5. The third-order valence-electron chi connectivity index (χ3n) is 6.81. The number of carbonyl (C=O) groups is 2. The van der Waals surface area contributed by atoms with Crippen molar-refractivity contribution >= 4 is 47.0 Å². The van der Waals surface area contributed by atoms with E-state index in [9.17, 15) is 14.0 Å². The van der Waals surface area contributed by atoms with Crippen molar-refractivity contribution in [1.29, 1.82) is 0 Å². The van der Waals surface area contributed by atoms with E-state index in [1.165, 1.54) is 12.1 Å². The van der Waals surface area contributed by atoms with Crippen LogP contribution < -0.4 is 5.32 Å². The third kappa shape index (κ3) is 6.30. The van der Waals surface area contributed by atoms with E-state index in [0.717, 1.165) is 54.9 Å². The van der Waals surface area contributed by atoms with E-state index in [4.69, 9.17) is 4.74 Å². The van der Waals surface area contributed by atoms with Crippen molar-refractivity contribution < 1.29 is 18.7 Å². The van der Waals surface area contributed by atoms with Crippen LogP contribution in [0.2, 0.25) is 0 Å². The molecule has 2 aliphatic rings. The summed E-state index contributed by atoms with van der Waals surface area (Å²) in [5.74, 6) is 0.104. The fourth-order valence-electron chi connectivity index (χ4n) is 4.67. The van der Waals surface area contributed by atoms with E-state index < -0.39 is 0 Å². The first-order valence-corrected chi connectivity index (χ1v) is 12.4. The number of urea groups is 1. The van der Waals surface area contributed by atoms with Gasteiger partial charge in [0.05, 0.1) is 19.8 Å². The van der Waals surface area contributed by atoms with E-state index in [-0.39, 0.29) is 30.2 Å². The lowest BCUT2D eigenvalue weighted by atomic mass is 10.0. The van der Waals surface area contributed by atoms with E-state index in [1.54, 1.807) is 47.3 Å². The molecule has 3 amide bonds. The largest absolute Gasteiger partial charge is 0.379 e. The van der Waals surface area contributed by atoms with Crippen LogP contribution in [-0.2, 0) is 22.6 Å². The maximum absolute atomic E-state index is 14.1. The number of hydrogen-bond acceptors (Lipinski definition) is 5. The Hall–Kier alpha value is -3.53. The van der Waals surface area contributed by atoms with Crippen LogP contribution in [0.15, 0.2) is 54.7 Å². The molecule has 0 bridgehead atoms. The van der Waals surface area contributed by atoms with E-state index >= 15 is 0 Å². The van der Waals surface area contributed by atoms with Crippen LogP contribution >= 0.6 is 12.4 Å². The molecule has 0 spiro atoms. The average molecular weight is 540 g/mol. The van der Waals surface area contributed by atoms with E-state index in [1.807, 2.05) is 18.2 Å². The lowest BCUT2D eigenvalue weighted by Crippen LogP contribution is -2.45. The normalized spacial score (nSPS) is 15.7. The number of nitrogens with one attached hydrogen (secondary N) is 1. The second-order valence-electron chi connectivity index (χ2n) is 9.36. The van der Waals surface area contributed by atoms with E-state index in [0.29, 0.717) is 30.8 Å². The highest BCUT2D eigenvalue weighted by Gasteiger charge is 2.24. The number of pyridine rings is 1. The van der Waals surface area contributed by atoms with E-state index in [2.05, 4.69) is 15.2 Å². The minimum Gasteiger partial charge on any atom is -0.379 e. The van der Waals surface area contributed by atoms with Gasteiger partial charge in [-0.05, 0) is 34.7 Å². The highest BCUT2D eigenvalue weighted by Crippen LogP contribution is 2.24. The number of ether oxygens (including phenoxy) is 1. The lowest BCUT2D eigenvalue weighted by Gasteiger charge is -2.32. The van der Waals surface area contributed by atoms with Gasteiger partial charge in [-0.1, -0.05) is 30.3 Å². The zero-order chi connectivity index (χ0) is 25.8. The van der Waals surface area contributed by atoms with Crippen molar-refractivity contribution in [2.45, 2.75) is 13.1 Å². The summed E-state index contributed by atoms with van der Waals surface area (Å²) in [4.78, 5) is 35.4. The molecule has 38 heavy (non-hydrogen) atoms. The molecule has 0 saturated carbocycles. The molecule has 200 valence electrons. The number of fused-ring (bicyclic) bond motifs is 2. The molecular formula is C28H31ClFN5O3. The minimum absolute atomic E-state index is 0. The van der Waals surface area contributed by atoms with Gasteiger partial charge < -0.3 is 14.5 Å². The molecule has 1 fully saturated rings. The molecule has 3 heterocycles. The minimum atomic E-state index is -0.274. The molecule has 1 N–H and O–H groups in total. The summed E-state index contributed by atoms with van der Waals surface area (Å²) in [7, 11) is 1.72. The summed E-state index contributed by atoms with van der Waals surface area (Å²) < 4.78 is 19.5. The van der Waals surface area contributed by atoms with Crippen LogP contribution in [0.25, 0.3) is 16.8 Å². The van der Waals surface area contributed by atoms with Gasteiger partial charge in [0.1, 0.15) is 11.6 Å². The van der Waals surface area contributed by atoms with Crippen molar-refractivity contribution in [3.63, 3.8) is 0 Å². The number of nitrogens with zero attached hydrogens (tertiary/aromatic N) is 4. The molecule has 1 saturated heterocycles. The molecule has 8 nitrogen and oxygen atoms in total. The molecule has 0 aliphatic carbocycles. The molecule has 0 radical (unpaired) electrons. The van der Waals surface area contributed by atoms with Crippen molar-refractivity contribution in [3.05, 3.63) is 77.2 Å². The maximum atomic E-state index is 14.1. The third-order valence-corrected chi connectivity index (χ3v) is 6.81. The Bertz CT molecular complexity index is 1350. The van der Waals surface area contributed by atoms with Gasteiger partial charge in [0, 0.05) is 63.0 Å². The van der Waals surface area contributed by atoms with Crippen molar-refractivity contribution in [2.75, 3.05) is 51.8 Å². The number of anilines is 1. The molecule has 2 aliphatic heterocycles. The second kappa shape index (κ2) is 12.3. The Morgan fingerprint density at radius 2 is 1.92 bits per heavy atom. The Morgan fingerprint density at radius 1 is 1.16 bits per heavy atom. The smallest absolute Gasteiger partial charge is 0.323 e. The Balaban J connectivity index is 0.00000336. The van der Waals surface area contributed by atoms with Crippen LogP contribution in [0.1, 0.15) is 16.7 Å². The van der Waals surface area contributed by atoms with Crippen LogP contribution in [0, 0.1) is 5.82 Å². The zero-order valence-corrected chi connectivity index (χ0v) is 22.0. The predicted octanol–water partition coefficient (Wildman–Crippen LogP) is 4.15. The number of rotatable bonds is 7. The maximum Gasteiger partial charge on any atom is 0.323 e. The molecule has 3 aromatic rings. The summed E-state index contributed by atoms with van der Waals surface area (Å²) in [6.45, 7) is 5.44. The van der Waals surface area contributed by atoms with Gasteiger partial charge in [-0.2, -0.15) is 0 Å². The van der Waals surface area contributed by atoms with Crippen molar-refractivity contribution in [3.8, 4) is 0 Å². The van der Waals surface area contributed by atoms with Gasteiger partial charge in [-0.3, -0.25) is 15.0 Å². The number of likely N-dealkylation sites (N-methyl/N-ethyl adjacent to an activating group) is 1. The molecular weight excluding hydrogens is 509 g/mol. The summed E-state index contributed by atoms with van der Waals surface area (Å²) in [6, 6.07) is 12.2. The number of halogens is 2. The standard InChI is InChI=1S/C28H30FN5O3.ClH/c1-32(18-21-7-8-25(29)24-5-3-2-4-23(21)24)26(35)9-6-20-16-22-19-34(28(36)31-27(22)30-17-20)11-10-33-12-14-37-15-13-33;/h2-9,16-17H,10-15,18-19H2,1H3,(H,30,31,36);1H/b9-6+;. The lowest BCUT2D eigenvalue weighted by molar-refractivity contribution is -0.125. The zero-order valence-electron chi connectivity index (χ0n) is 21.2. The highest BCUT2D eigenvalue weighted by atomic mass is 35.5. The highest BCUT2D eigenvalue weighted by molar-refractivity contribution is 5.93. The van der Waals surface area contributed by atoms with Crippen LogP contribution in [0.5, 0.6) is 0 Å². The van der Waals surface area contributed by atoms with Gasteiger partial charge in [0.25, 0.3) is 0 Å². The molecule has 1 aromatic heterocycles. The topological polar surface area (TPSA) is 78.0 Å².